The minimum absolute atomic E-state index is 0.0174. The molecular weight excluding hydrogens is 140 g/mol. The lowest BCUT2D eigenvalue weighted by Gasteiger charge is -2.29. The summed E-state index contributed by atoms with van der Waals surface area (Å²) in [5.41, 5.74) is -0.0174. The Morgan fingerprint density at radius 2 is 2.45 bits per heavy atom. The molecule has 2 atom stereocenters. The maximum Gasteiger partial charge on any atom is 0.224 e. The predicted molar refractivity (Wildman–Crippen MR) is 41.9 cm³/mol. The standard InChI is InChI=1S/C8H14N2O/c1-6-5-9-8(2)4-3-7(11)10(6)8/h6,9H,3-5H2,1-2H3. The predicted octanol–water partition coefficient (Wildman–Crippen LogP) is 0.317. The summed E-state index contributed by atoms with van der Waals surface area (Å²) in [6.45, 7) is 5.16. The normalized spacial score (nSPS) is 43.3. The Labute approximate surface area is 66.8 Å². The lowest BCUT2D eigenvalue weighted by molar-refractivity contribution is -0.131. The molecule has 0 aromatic heterocycles. The van der Waals surface area contributed by atoms with Crippen molar-refractivity contribution in [3.63, 3.8) is 0 Å². The van der Waals surface area contributed by atoms with E-state index in [1.807, 2.05) is 4.90 Å². The minimum Gasteiger partial charge on any atom is -0.321 e. The summed E-state index contributed by atoms with van der Waals surface area (Å²) in [6.07, 6.45) is 1.68. The summed E-state index contributed by atoms with van der Waals surface area (Å²) < 4.78 is 0. The van der Waals surface area contributed by atoms with E-state index in [1.54, 1.807) is 0 Å². The van der Waals surface area contributed by atoms with Gasteiger partial charge in [-0.2, -0.15) is 0 Å². The number of hydrogen-bond acceptors (Lipinski definition) is 2. The number of fused-ring (bicyclic) bond motifs is 1. The van der Waals surface area contributed by atoms with Gasteiger partial charge in [-0.15, -0.1) is 0 Å². The van der Waals surface area contributed by atoms with Crippen molar-refractivity contribution in [2.24, 2.45) is 0 Å². The van der Waals surface area contributed by atoms with Gasteiger partial charge in [0.25, 0.3) is 0 Å². The second kappa shape index (κ2) is 1.97. The number of hydrogen-bond donors (Lipinski definition) is 1. The molecule has 2 fully saturated rings. The second-order valence-electron chi connectivity index (χ2n) is 3.77. The van der Waals surface area contributed by atoms with Crippen molar-refractivity contribution in [1.82, 2.24) is 10.2 Å². The Hall–Kier alpha value is -0.570. The van der Waals surface area contributed by atoms with Crippen LogP contribution in [0.5, 0.6) is 0 Å². The third-order valence-electron chi connectivity index (χ3n) is 2.85. The number of nitrogens with zero attached hydrogens (tertiary/aromatic N) is 1. The zero-order valence-corrected chi connectivity index (χ0v) is 7.05. The summed E-state index contributed by atoms with van der Waals surface area (Å²) in [7, 11) is 0. The van der Waals surface area contributed by atoms with Gasteiger partial charge < -0.3 is 4.90 Å². The molecule has 2 unspecified atom stereocenters. The zero-order valence-electron chi connectivity index (χ0n) is 7.05. The maximum absolute atomic E-state index is 11.4. The van der Waals surface area contributed by atoms with E-state index < -0.39 is 0 Å². The third kappa shape index (κ3) is 0.805. The molecule has 0 radical (unpaired) electrons. The van der Waals surface area contributed by atoms with Crippen LogP contribution in [0.3, 0.4) is 0 Å². The summed E-state index contributed by atoms with van der Waals surface area (Å²) in [4.78, 5) is 13.4. The molecule has 0 spiro atoms. The molecule has 11 heavy (non-hydrogen) atoms. The first kappa shape index (κ1) is 7.10. The van der Waals surface area contributed by atoms with Gasteiger partial charge in [0, 0.05) is 19.0 Å². The van der Waals surface area contributed by atoms with Gasteiger partial charge in [0.15, 0.2) is 0 Å². The van der Waals surface area contributed by atoms with E-state index in [9.17, 15) is 4.79 Å². The number of carbonyl (C=O) groups is 1. The molecule has 1 N–H and O–H groups in total. The average molecular weight is 154 g/mol. The van der Waals surface area contributed by atoms with Crippen molar-refractivity contribution in [3.05, 3.63) is 0 Å². The van der Waals surface area contributed by atoms with Gasteiger partial charge in [-0.1, -0.05) is 0 Å². The van der Waals surface area contributed by atoms with E-state index in [0.29, 0.717) is 18.4 Å². The maximum atomic E-state index is 11.4. The van der Waals surface area contributed by atoms with Crippen molar-refractivity contribution in [2.45, 2.75) is 38.4 Å². The van der Waals surface area contributed by atoms with Gasteiger partial charge >= 0.3 is 0 Å². The van der Waals surface area contributed by atoms with Crippen molar-refractivity contribution >= 4 is 5.91 Å². The Kier molecular flexibility index (Phi) is 1.27. The molecule has 1 amide bonds. The molecule has 2 aliphatic heterocycles. The Morgan fingerprint density at radius 1 is 1.73 bits per heavy atom. The van der Waals surface area contributed by atoms with Crippen LogP contribution in [0.1, 0.15) is 26.7 Å². The fourth-order valence-electron chi connectivity index (χ4n) is 2.23. The van der Waals surface area contributed by atoms with Crippen molar-refractivity contribution in [3.8, 4) is 0 Å². The van der Waals surface area contributed by atoms with Crippen LogP contribution in [-0.2, 0) is 4.79 Å². The SMILES string of the molecule is CC1CNC2(C)CCC(=O)N12. The first-order chi connectivity index (χ1) is 5.13. The highest BCUT2D eigenvalue weighted by Gasteiger charge is 2.47. The fourth-order valence-corrected chi connectivity index (χ4v) is 2.23. The third-order valence-corrected chi connectivity index (χ3v) is 2.85. The highest BCUT2D eigenvalue weighted by molar-refractivity contribution is 5.80. The smallest absolute Gasteiger partial charge is 0.224 e. The van der Waals surface area contributed by atoms with Crippen LogP contribution < -0.4 is 5.32 Å². The van der Waals surface area contributed by atoms with Crippen LogP contribution in [0.15, 0.2) is 0 Å². The monoisotopic (exact) mass is 154 g/mol. The fraction of sp³-hybridized carbons (Fsp3) is 0.875. The highest BCUT2D eigenvalue weighted by atomic mass is 16.2. The molecule has 62 valence electrons. The molecule has 2 saturated heterocycles. The van der Waals surface area contributed by atoms with Crippen LogP contribution in [0.25, 0.3) is 0 Å². The van der Waals surface area contributed by atoms with Crippen molar-refractivity contribution in [1.29, 1.82) is 0 Å². The van der Waals surface area contributed by atoms with Crippen LogP contribution in [0.4, 0.5) is 0 Å². The molecule has 0 aromatic rings. The van der Waals surface area contributed by atoms with E-state index >= 15 is 0 Å². The summed E-state index contributed by atoms with van der Waals surface area (Å²) in [6, 6.07) is 0.384. The number of amides is 1. The Morgan fingerprint density at radius 3 is 3.09 bits per heavy atom. The second-order valence-corrected chi connectivity index (χ2v) is 3.77. The van der Waals surface area contributed by atoms with Gasteiger partial charge in [-0.3, -0.25) is 10.1 Å². The molecule has 3 heteroatoms. The number of nitrogens with one attached hydrogen (secondary N) is 1. The van der Waals surface area contributed by atoms with E-state index in [0.717, 1.165) is 13.0 Å². The van der Waals surface area contributed by atoms with Crippen LogP contribution >= 0.6 is 0 Å². The van der Waals surface area contributed by atoms with Crippen LogP contribution in [-0.4, -0.2) is 29.1 Å². The topological polar surface area (TPSA) is 32.3 Å². The molecule has 0 aromatic carbocycles. The lowest BCUT2D eigenvalue weighted by Crippen LogP contribution is -2.46. The van der Waals surface area contributed by atoms with Crippen molar-refractivity contribution in [2.75, 3.05) is 6.54 Å². The summed E-state index contributed by atoms with van der Waals surface area (Å²) in [5, 5.41) is 3.38. The van der Waals surface area contributed by atoms with Crippen LogP contribution in [0.2, 0.25) is 0 Å². The van der Waals surface area contributed by atoms with Crippen molar-refractivity contribution < 1.29 is 4.79 Å². The first-order valence-electron chi connectivity index (χ1n) is 4.21. The quantitative estimate of drug-likeness (QED) is 0.545. The highest BCUT2D eigenvalue weighted by Crippen LogP contribution is 2.33. The molecule has 0 saturated carbocycles. The molecule has 3 nitrogen and oxygen atoms in total. The zero-order chi connectivity index (χ0) is 8.06. The number of carbonyl (C=O) groups excluding carboxylic acids is 1. The van der Waals surface area contributed by atoms with Gasteiger partial charge in [0.2, 0.25) is 5.91 Å². The lowest BCUT2D eigenvalue weighted by atomic mass is 10.1. The van der Waals surface area contributed by atoms with E-state index in [4.69, 9.17) is 0 Å². The molecular formula is C8H14N2O. The average Bonchev–Trinajstić information content (AvgIpc) is 2.38. The van der Waals surface area contributed by atoms with E-state index in [-0.39, 0.29) is 5.66 Å². The summed E-state index contributed by atoms with van der Waals surface area (Å²) in [5.74, 6) is 0.310. The number of rotatable bonds is 0. The van der Waals surface area contributed by atoms with E-state index in [1.165, 1.54) is 0 Å². The molecule has 2 heterocycles. The first-order valence-corrected chi connectivity index (χ1v) is 4.21. The Balaban J connectivity index is 2.30. The van der Waals surface area contributed by atoms with Gasteiger partial charge in [0.1, 0.15) is 0 Å². The Bertz CT molecular complexity index is 204. The largest absolute Gasteiger partial charge is 0.321 e. The molecule has 0 aliphatic carbocycles. The van der Waals surface area contributed by atoms with Gasteiger partial charge in [-0.25, -0.2) is 0 Å². The van der Waals surface area contributed by atoms with Gasteiger partial charge in [-0.05, 0) is 20.3 Å². The summed E-state index contributed by atoms with van der Waals surface area (Å²) >= 11 is 0. The molecule has 2 rings (SSSR count). The minimum atomic E-state index is -0.0174. The van der Waals surface area contributed by atoms with E-state index in [2.05, 4.69) is 19.2 Å². The van der Waals surface area contributed by atoms with Crippen LogP contribution in [0, 0.1) is 0 Å². The van der Waals surface area contributed by atoms with Gasteiger partial charge in [0.05, 0.1) is 5.66 Å². The molecule has 0 bridgehead atoms. The molecule has 2 aliphatic rings.